The normalized spacial score (nSPS) is 10.3. The van der Waals surface area contributed by atoms with Gasteiger partial charge < -0.3 is 4.42 Å². The zero-order valence-electron chi connectivity index (χ0n) is 7.25. The van der Waals surface area contributed by atoms with Crippen molar-refractivity contribution in [2.24, 2.45) is 0 Å². The summed E-state index contributed by atoms with van der Waals surface area (Å²) in [6, 6.07) is 10.3. The standard InChI is InChI=1S/C11H9BrO/c1-8-2-4-9(5-3-8)10-6-7-13-11(10)12/h2-7H,1H3. The lowest BCUT2D eigenvalue weighted by Gasteiger charge is -1.98. The highest BCUT2D eigenvalue weighted by molar-refractivity contribution is 9.10. The number of halogens is 1. The van der Waals surface area contributed by atoms with E-state index >= 15 is 0 Å². The highest BCUT2D eigenvalue weighted by atomic mass is 79.9. The number of furan rings is 1. The Kier molecular flexibility index (Phi) is 2.23. The molecule has 0 saturated heterocycles. The van der Waals surface area contributed by atoms with Crippen LogP contribution in [0.3, 0.4) is 0 Å². The largest absolute Gasteiger partial charge is 0.457 e. The lowest BCUT2D eigenvalue weighted by molar-refractivity contribution is 0.542. The number of aryl methyl sites for hydroxylation is 1. The molecule has 0 amide bonds. The maximum absolute atomic E-state index is 5.17. The van der Waals surface area contributed by atoms with Crippen molar-refractivity contribution >= 4 is 15.9 Å². The van der Waals surface area contributed by atoms with Gasteiger partial charge in [-0.25, -0.2) is 0 Å². The van der Waals surface area contributed by atoms with Crippen LogP contribution in [0.4, 0.5) is 0 Å². The summed E-state index contributed by atoms with van der Waals surface area (Å²) in [5, 5.41) is 0. The maximum atomic E-state index is 5.17. The summed E-state index contributed by atoms with van der Waals surface area (Å²) in [5.41, 5.74) is 3.54. The summed E-state index contributed by atoms with van der Waals surface area (Å²) in [6.45, 7) is 2.08. The molecule has 0 aliphatic rings. The van der Waals surface area contributed by atoms with Crippen LogP contribution >= 0.6 is 15.9 Å². The van der Waals surface area contributed by atoms with Gasteiger partial charge in [-0.15, -0.1) is 0 Å². The number of hydrogen-bond acceptors (Lipinski definition) is 1. The van der Waals surface area contributed by atoms with Crippen molar-refractivity contribution in [2.45, 2.75) is 6.92 Å². The Labute approximate surface area is 85.5 Å². The summed E-state index contributed by atoms with van der Waals surface area (Å²) < 4.78 is 5.95. The van der Waals surface area contributed by atoms with Gasteiger partial charge in [-0.2, -0.15) is 0 Å². The average Bonchev–Trinajstić information content (AvgIpc) is 2.53. The molecule has 0 spiro atoms. The molecule has 2 rings (SSSR count). The minimum atomic E-state index is 0.788. The third kappa shape index (κ3) is 1.68. The Balaban J connectivity index is 2.47. The van der Waals surface area contributed by atoms with Crippen LogP contribution in [0.25, 0.3) is 11.1 Å². The van der Waals surface area contributed by atoms with Crippen LogP contribution in [0.2, 0.25) is 0 Å². The van der Waals surface area contributed by atoms with Gasteiger partial charge in [-0.3, -0.25) is 0 Å². The summed E-state index contributed by atoms with van der Waals surface area (Å²) >= 11 is 3.35. The van der Waals surface area contributed by atoms with Crippen molar-refractivity contribution in [3.05, 3.63) is 46.8 Å². The third-order valence-corrected chi connectivity index (χ3v) is 2.59. The number of rotatable bonds is 1. The Bertz CT molecular complexity index is 400. The lowest BCUT2D eigenvalue weighted by atomic mass is 10.1. The molecule has 13 heavy (non-hydrogen) atoms. The third-order valence-electron chi connectivity index (χ3n) is 1.98. The van der Waals surface area contributed by atoms with Crippen molar-refractivity contribution in [1.82, 2.24) is 0 Å². The van der Waals surface area contributed by atoms with E-state index in [1.54, 1.807) is 6.26 Å². The maximum Gasteiger partial charge on any atom is 0.176 e. The zero-order valence-corrected chi connectivity index (χ0v) is 8.84. The first-order valence-corrected chi connectivity index (χ1v) is 4.87. The molecule has 2 aromatic rings. The van der Waals surface area contributed by atoms with Crippen LogP contribution in [0.5, 0.6) is 0 Å². The molecule has 0 N–H and O–H groups in total. The fourth-order valence-electron chi connectivity index (χ4n) is 1.23. The van der Waals surface area contributed by atoms with Crippen molar-refractivity contribution in [3.63, 3.8) is 0 Å². The van der Waals surface area contributed by atoms with E-state index in [0.29, 0.717) is 0 Å². The topological polar surface area (TPSA) is 13.1 Å². The summed E-state index contributed by atoms with van der Waals surface area (Å²) in [4.78, 5) is 0. The van der Waals surface area contributed by atoms with Crippen LogP contribution in [-0.4, -0.2) is 0 Å². The monoisotopic (exact) mass is 236 g/mol. The second kappa shape index (κ2) is 3.38. The van der Waals surface area contributed by atoms with Crippen LogP contribution < -0.4 is 0 Å². The highest BCUT2D eigenvalue weighted by Crippen LogP contribution is 2.28. The first kappa shape index (κ1) is 8.57. The molecule has 0 atom stereocenters. The van der Waals surface area contributed by atoms with Crippen molar-refractivity contribution in [3.8, 4) is 11.1 Å². The Hall–Kier alpha value is -1.02. The first-order chi connectivity index (χ1) is 6.27. The van der Waals surface area contributed by atoms with Crippen molar-refractivity contribution in [2.75, 3.05) is 0 Å². The number of hydrogen-bond donors (Lipinski definition) is 0. The van der Waals surface area contributed by atoms with E-state index in [1.807, 2.05) is 6.07 Å². The van der Waals surface area contributed by atoms with Gasteiger partial charge in [0.15, 0.2) is 4.67 Å². The van der Waals surface area contributed by atoms with Crippen LogP contribution in [0.15, 0.2) is 45.7 Å². The van der Waals surface area contributed by atoms with Gasteiger partial charge in [-0.05, 0) is 34.5 Å². The second-order valence-electron chi connectivity index (χ2n) is 2.97. The predicted octanol–water partition coefficient (Wildman–Crippen LogP) is 4.02. The molecular formula is C11H9BrO. The molecule has 1 heterocycles. The van der Waals surface area contributed by atoms with E-state index in [0.717, 1.165) is 10.2 Å². The first-order valence-electron chi connectivity index (χ1n) is 4.07. The molecule has 2 heteroatoms. The molecule has 0 radical (unpaired) electrons. The van der Waals surface area contributed by atoms with Gasteiger partial charge in [0, 0.05) is 5.56 Å². The Morgan fingerprint density at radius 3 is 2.31 bits per heavy atom. The predicted molar refractivity (Wildman–Crippen MR) is 56.6 cm³/mol. The van der Waals surface area contributed by atoms with Crippen LogP contribution in [0, 0.1) is 6.92 Å². The summed E-state index contributed by atoms with van der Waals surface area (Å²) in [7, 11) is 0. The Morgan fingerprint density at radius 2 is 1.77 bits per heavy atom. The molecule has 1 aromatic carbocycles. The van der Waals surface area contributed by atoms with Crippen LogP contribution in [-0.2, 0) is 0 Å². The van der Waals surface area contributed by atoms with E-state index in [9.17, 15) is 0 Å². The van der Waals surface area contributed by atoms with Gasteiger partial charge in [0.05, 0.1) is 6.26 Å². The molecular weight excluding hydrogens is 228 g/mol. The number of benzene rings is 1. The molecule has 0 fully saturated rings. The molecule has 0 aliphatic heterocycles. The van der Waals surface area contributed by atoms with Gasteiger partial charge in [0.2, 0.25) is 0 Å². The minimum Gasteiger partial charge on any atom is -0.457 e. The Morgan fingerprint density at radius 1 is 1.08 bits per heavy atom. The van der Waals surface area contributed by atoms with E-state index in [4.69, 9.17) is 4.42 Å². The fourth-order valence-corrected chi connectivity index (χ4v) is 1.70. The van der Waals surface area contributed by atoms with Gasteiger partial charge >= 0.3 is 0 Å². The summed E-state index contributed by atoms with van der Waals surface area (Å²) in [5.74, 6) is 0. The van der Waals surface area contributed by atoms with Crippen molar-refractivity contribution in [1.29, 1.82) is 0 Å². The molecule has 0 saturated carbocycles. The van der Waals surface area contributed by atoms with Gasteiger partial charge in [0.25, 0.3) is 0 Å². The molecule has 1 aromatic heterocycles. The fraction of sp³-hybridized carbons (Fsp3) is 0.0909. The van der Waals surface area contributed by atoms with E-state index in [2.05, 4.69) is 47.1 Å². The molecule has 0 bridgehead atoms. The highest BCUT2D eigenvalue weighted by Gasteiger charge is 2.04. The minimum absolute atomic E-state index is 0.788. The average molecular weight is 237 g/mol. The smallest absolute Gasteiger partial charge is 0.176 e. The van der Waals surface area contributed by atoms with E-state index in [-0.39, 0.29) is 0 Å². The van der Waals surface area contributed by atoms with Crippen LogP contribution in [0.1, 0.15) is 5.56 Å². The molecule has 0 aliphatic carbocycles. The summed E-state index contributed by atoms with van der Waals surface area (Å²) in [6.07, 6.45) is 1.68. The molecule has 66 valence electrons. The lowest BCUT2D eigenvalue weighted by Crippen LogP contribution is -1.75. The molecule has 0 unspecified atom stereocenters. The van der Waals surface area contributed by atoms with E-state index < -0.39 is 0 Å². The molecule has 1 nitrogen and oxygen atoms in total. The second-order valence-corrected chi connectivity index (χ2v) is 3.69. The quantitative estimate of drug-likeness (QED) is 0.730. The van der Waals surface area contributed by atoms with E-state index in [1.165, 1.54) is 11.1 Å². The zero-order chi connectivity index (χ0) is 9.26. The van der Waals surface area contributed by atoms with Gasteiger partial charge in [-0.1, -0.05) is 29.8 Å². The van der Waals surface area contributed by atoms with Gasteiger partial charge in [0.1, 0.15) is 0 Å². The van der Waals surface area contributed by atoms with Crippen molar-refractivity contribution < 1.29 is 4.42 Å². The SMILES string of the molecule is Cc1ccc(-c2ccoc2Br)cc1.